The number of carbonyl (C=O) groups is 1. The van der Waals surface area contributed by atoms with Crippen molar-refractivity contribution >= 4 is 22.6 Å². The van der Waals surface area contributed by atoms with Crippen LogP contribution < -0.4 is 10.1 Å². The zero-order valence-corrected chi connectivity index (χ0v) is 17.5. The van der Waals surface area contributed by atoms with Crippen LogP contribution in [-0.2, 0) is 24.4 Å². The molecule has 0 spiro atoms. The lowest BCUT2D eigenvalue weighted by atomic mass is 9.96. The molecule has 0 saturated carbocycles. The van der Waals surface area contributed by atoms with Crippen LogP contribution in [0.4, 0.5) is 19.3 Å². The molecule has 0 unspecified atom stereocenters. The average molecular weight is 447 g/mol. The van der Waals surface area contributed by atoms with Crippen LogP contribution in [0.3, 0.4) is 0 Å². The van der Waals surface area contributed by atoms with Crippen LogP contribution in [0.2, 0.25) is 0 Å². The van der Waals surface area contributed by atoms with Crippen LogP contribution in [-0.4, -0.2) is 22.7 Å². The van der Waals surface area contributed by atoms with Crippen molar-refractivity contribution in [2.24, 2.45) is 0 Å². The SMILES string of the molecule is O=C(Nc1c[nH]c2cc(F)c(F)cc12)N1Cc2ccc(-c3cccc4c3COCO4)cc2C1. The van der Waals surface area contributed by atoms with Crippen molar-refractivity contribution in [2.45, 2.75) is 19.7 Å². The highest BCUT2D eigenvalue weighted by molar-refractivity contribution is 6.01. The zero-order valence-electron chi connectivity index (χ0n) is 17.5. The Morgan fingerprint density at radius 3 is 2.79 bits per heavy atom. The molecule has 1 aromatic heterocycles. The Hall–Kier alpha value is -3.91. The molecule has 0 radical (unpaired) electrons. The molecule has 0 atom stereocenters. The fourth-order valence-electron chi connectivity index (χ4n) is 4.49. The third kappa shape index (κ3) is 3.39. The molecule has 2 N–H and O–H groups in total. The maximum atomic E-state index is 13.7. The summed E-state index contributed by atoms with van der Waals surface area (Å²) in [6.45, 7) is 1.66. The summed E-state index contributed by atoms with van der Waals surface area (Å²) < 4.78 is 38.2. The van der Waals surface area contributed by atoms with Crippen molar-refractivity contribution in [1.82, 2.24) is 9.88 Å². The molecule has 8 heteroatoms. The molecule has 0 aliphatic carbocycles. The van der Waals surface area contributed by atoms with Crippen molar-refractivity contribution in [3.05, 3.63) is 83.1 Å². The van der Waals surface area contributed by atoms with Gasteiger partial charge < -0.3 is 24.7 Å². The molecule has 166 valence electrons. The van der Waals surface area contributed by atoms with E-state index in [1.165, 1.54) is 6.20 Å². The molecular formula is C25H19F2N3O3. The summed E-state index contributed by atoms with van der Waals surface area (Å²) in [5.74, 6) is -1.07. The van der Waals surface area contributed by atoms with E-state index in [1.54, 1.807) is 4.90 Å². The van der Waals surface area contributed by atoms with Crippen LogP contribution in [0.15, 0.2) is 54.7 Å². The second-order valence-electron chi connectivity index (χ2n) is 8.18. The lowest BCUT2D eigenvalue weighted by Gasteiger charge is -2.20. The Morgan fingerprint density at radius 2 is 1.88 bits per heavy atom. The molecule has 2 aliphatic rings. The van der Waals surface area contributed by atoms with Crippen molar-refractivity contribution in [2.75, 3.05) is 12.1 Å². The van der Waals surface area contributed by atoms with E-state index in [1.807, 2.05) is 30.3 Å². The molecule has 3 heterocycles. The number of anilines is 1. The highest BCUT2D eigenvalue weighted by atomic mass is 19.2. The van der Waals surface area contributed by atoms with Gasteiger partial charge in [0.1, 0.15) is 5.75 Å². The molecule has 4 aromatic rings. The number of carbonyl (C=O) groups excluding carboxylic acids is 1. The largest absolute Gasteiger partial charge is 0.467 e. The van der Waals surface area contributed by atoms with Gasteiger partial charge in [0.05, 0.1) is 17.8 Å². The van der Waals surface area contributed by atoms with E-state index in [9.17, 15) is 13.6 Å². The van der Waals surface area contributed by atoms with Gasteiger partial charge in [-0.2, -0.15) is 0 Å². The number of hydrogen-bond donors (Lipinski definition) is 2. The fourth-order valence-corrected chi connectivity index (χ4v) is 4.49. The van der Waals surface area contributed by atoms with Crippen molar-refractivity contribution in [3.8, 4) is 16.9 Å². The van der Waals surface area contributed by atoms with Crippen LogP contribution in [0.5, 0.6) is 5.75 Å². The minimum absolute atomic E-state index is 0.253. The lowest BCUT2D eigenvalue weighted by Crippen LogP contribution is -2.30. The van der Waals surface area contributed by atoms with Gasteiger partial charge >= 0.3 is 6.03 Å². The number of rotatable bonds is 2. The Labute approximate surface area is 187 Å². The van der Waals surface area contributed by atoms with Crippen molar-refractivity contribution < 1.29 is 23.0 Å². The molecule has 3 aromatic carbocycles. The molecule has 6 nitrogen and oxygen atoms in total. The summed E-state index contributed by atoms with van der Waals surface area (Å²) in [6.07, 6.45) is 1.53. The van der Waals surface area contributed by atoms with E-state index in [0.717, 1.165) is 45.7 Å². The molecule has 33 heavy (non-hydrogen) atoms. The molecule has 6 rings (SSSR count). The third-order valence-corrected chi connectivity index (χ3v) is 6.17. The number of amides is 2. The van der Waals surface area contributed by atoms with Gasteiger partial charge in [-0.25, -0.2) is 13.6 Å². The number of halogens is 2. The predicted octanol–water partition coefficient (Wildman–Crippen LogP) is 5.53. The van der Waals surface area contributed by atoms with E-state index in [-0.39, 0.29) is 12.8 Å². The van der Waals surface area contributed by atoms with Gasteiger partial charge in [-0.05, 0) is 40.5 Å². The fraction of sp³-hybridized carbons (Fsp3) is 0.160. The van der Waals surface area contributed by atoms with Crippen molar-refractivity contribution in [3.63, 3.8) is 0 Å². The number of benzene rings is 3. The van der Waals surface area contributed by atoms with Gasteiger partial charge in [-0.15, -0.1) is 0 Å². The van der Waals surface area contributed by atoms with Gasteiger partial charge in [0.25, 0.3) is 0 Å². The van der Waals surface area contributed by atoms with Crippen LogP contribution in [0.25, 0.3) is 22.0 Å². The van der Waals surface area contributed by atoms with E-state index < -0.39 is 11.6 Å². The molecule has 2 aliphatic heterocycles. The molecule has 0 fully saturated rings. The first-order valence-electron chi connectivity index (χ1n) is 10.5. The number of nitrogens with one attached hydrogen (secondary N) is 2. The Balaban J connectivity index is 1.23. The first-order chi connectivity index (χ1) is 16.1. The topological polar surface area (TPSA) is 66.6 Å². The summed E-state index contributed by atoms with van der Waals surface area (Å²) in [7, 11) is 0. The quantitative estimate of drug-likeness (QED) is 0.425. The van der Waals surface area contributed by atoms with Crippen LogP contribution in [0, 0.1) is 11.6 Å². The zero-order chi connectivity index (χ0) is 22.5. The molecular weight excluding hydrogens is 428 g/mol. The number of H-pyrrole nitrogens is 1. The number of nitrogens with zero attached hydrogens (tertiary/aromatic N) is 1. The van der Waals surface area contributed by atoms with Crippen LogP contribution in [0.1, 0.15) is 16.7 Å². The van der Waals surface area contributed by atoms with E-state index in [0.29, 0.717) is 36.3 Å². The number of hydrogen-bond acceptors (Lipinski definition) is 3. The second-order valence-corrected chi connectivity index (χ2v) is 8.18. The Morgan fingerprint density at radius 1 is 1.03 bits per heavy atom. The normalized spacial score (nSPS) is 14.7. The first kappa shape index (κ1) is 19.8. The summed E-state index contributed by atoms with van der Waals surface area (Å²) >= 11 is 0. The minimum Gasteiger partial charge on any atom is -0.467 e. The molecule has 2 amide bonds. The maximum Gasteiger partial charge on any atom is 0.322 e. The second kappa shape index (κ2) is 7.60. The molecule has 0 bridgehead atoms. The number of aromatic nitrogens is 1. The summed E-state index contributed by atoms with van der Waals surface area (Å²) in [6, 6.07) is 14.0. The van der Waals surface area contributed by atoms with Gasteiger partial charge in [0.2, 0.25) is 0 Å². The highest BCUT2D eigenvalue weighted by Gasteiger charge is 2.25. The monoisotopic (exact) mass is 447 g/mol. The van der Waals surface area contributed by atoms with Gasteiger partial charge in [-0.1, -0.05) is 24.3 Å². The van der Waals surface area contributed by atoms with Gasteiger partial charge in [0, 0.05) is 36.3 Å². The number of ether oxygens (including phenoxy) is 2. The highest BCUT2D eigenvalue weighted by Crippen LogP contribution is 2.36. The van der Waals surface area contributed by atoms with Crippen LogP contribution >= 0.6 is 0 Å². The van der Waals surface area contributed by atoms with E-state index in [4.69, 9.17) is 9.47 Å². The summed E-state index contributed by atoms with van der Waals surface area (Å²) in [5, 5.41) is 3.23. The maximum absolute atomic E-state index is 13.7. The third-order valence-electron chi connectivity index (χ3n) is 6.17. The summed E-state index contributed by atoms with van der Waals surface area (Å²) in [5.41, 5.74) is 6.05. The smallest absolute Gasteiger partial charge is 0.322 e. The number of fused-ring (bicyclic) bond motifs is 3. The number of aromatic amines is 1. The first-order valence-corrected chi connectivity index (χ1v) is 10.5. The van der Waals surface area contributed by atoms with E-state index in [2.05, 4.69) is 16.4 Å². The van der Waals surface area contributed by atoms with Gasteiger partial charge in [0.15, 0.2) is 18.4 Å². The summed E-state index contributed by atoms with van der Waals surface area (Å²) in [4.78, 5) is 17.5. The van der Waals surface area contributed by atoms with Crippen molar-refractivity contribution in [1.29, 1.82) is 0 Å². The average Bonchev–Trinajstić information content (AvgIpc) is 3.43. The molecule has 0 saturated heterocycles. The Kier molecular flexibility index (Phi) is 4.55. The Bertz CT molecular complexity index is 1420. The minimum atomic E-state index is -0.961. The lowest BCUT2D eigenvalue weighted by molar-refractivity contribution is -0.0160. The predicted molar refractivity (Wildman–Crippen MR) is 119 cm³/mol. The number of urea groups is 1. The van der Waals surface area contributed by atoms with Gasteiger partial charge in [-0.3, -0.25) is 0 Å². The van der Waals surface area contributed by atoms with E-state index >= 15 is 0 Å². The standard InChI is InChI=1S/C25H19F2N3O3/c26-20-7-18-22(8-21(20)27)28-9-23(18)29-25(31)30-10-15-5-4-14(6-16(15)11-30)17-2-1-3-24-19(17)12-32-13-33-24/h1-9,28H,10-13H2,(H,29,31).